The highest BCUT2D eigenvalue weighted by Gasteiger charge is 2.36. The Balaban J connectivity index is 2.41. The number of benzene rings is 1. The lowest BCUT2D eigenvalue weighted by atomic mass is 10.1. The summed E-state index contributed by atoms with van der Waals surface area (Å²) >= 11 is 0. The zero-order chi connectivity index (χ0) is 14.9. The van der Waals surface area contributed by atoms with E-state index in [2.05, 4.69) is 5.32 Å². The van der Waals surface area contributed by atoms with Crippen molar-refractivity contribution in [3.05, 3.63) is 29.3 Å². The third-order valence-corrected chi connectivity index (χ3v) is 2.94. The van der Waals surface area contributed by atoms with Crippen molar-refractivity contribution in [3.8, 4) is 0 Å². The highest BCUT2D eigenvalue weighted by atomic mass is 19.4. The van der Waals surface area contributed by atoms with Gasteiger partial charge in [0.1, 0.15) is 0 Å². The Labute approximate surface area is 112 Å². The van der Waals surface area contributed by atoms with Crippen LogP contribution in [0, 0.1) is 0 Å². The molecule has 0 bridgehead atoms. The molecule has 1 aliphatic heterocycles. The molecule has 0 unspecified atom stereocenters. The summed E-state index contributed by atoms with van der Waals surface area (Å²) in [6.45, 7) is 0.653. The summed E-state index contributed by atoms with van der Waals surface area (Å²) in [6.07, 6.45) is -4.76. The van der Waals surface area contributed by atoms with Gasteiger partial charge < -0.3 is 15.3 Å². The number of nitrogens with one attached hydrogen (secondary N) is 1. The first-order chi connectivity index (χ1) is 9.29. The average Bonchev–Trinajstić information content (AvgIpc) is 2.37. The van der Waals surface area contributed by atoms with Crippen molar-refractivity contribution in [2.75, 3.05) is 24.5 Å². The number of hydrogen-bond acceptors (Lipinski definition) is 3. The monoisotopic (exact) mass is 288 g/mol. The molecule has 0 saturated carbocycles. The number of amides is 1. The van der Waals surface area contributed by atoms with Crippen LogP contribution in [0.2, 0.25) is 0 Å². The number of rotatable bonds is 2. The van der Waals surface area contributed by atoms with Gasteiger partial charge >= 0.3 is 12.1 Å². The minimum atomic E-state index is -4.76. The molecule has 1 aromatic rings. The van der Waals surface area contributed by atoms with Gasteiger partial charge in [-0.2, -0.15) is 13.2 Å². The maximum absolute atomic E-state index is 12.9. The number of carboxylic acids is 1. The Hall–Kier alpha value is -2.25. The number of piperazine rings is 1. The molecule has 2 rings (SSSR count). The third kappa shape index (κ3) is 2.84. The van der Waals surface area contributed by atoms with Gasteiger partial charge in [-0.3, -0.25) is 4.79 Å². The third-order valence-electron chi connectivity index (χ3n) is 2.94. The fourth-order valence-electron chi connectivity index (χ4n) is 2.01. The first-order valence-corrected chi connectivity index (χ1v) is 5.75. The molecule has 108 valence electrons. The number of anilines is 1. The summed E-state index contributed by atoms with van der Waals surface area (Å²) in [6, 6.07) is 2.95. The van der Waals surface area contributed by atoms with Gasteiger partial charge in [-0.1, -0.05) is 0 Å². The smallest absolute Gasteiger partial charge is 0.417 e. The fraction of sp³-hybridized carbons (Fsp3) is 0.333. The molecule has 1 aliphatic rings. The maximum atomic E-state index is 12.9. The molecule has 1 fully saturated rings. The Bertz CT molecular complexity index is 557. The van der Waals surface area contributed by atoms with Gasteiger partial charge in [-0.25, -0.2) is 4.79 Å². The van der Waals surface area contributed by atoms with Crippen molar-refractivity contribution >= 4 is 17.6 Å². The normalized spacial score (nSPS) is 15.9. The molecule has 0 radical (unpaired) electrons. The number of aromatic carboxylic acids is 1. The molecule has 0 aromatic heterocycles. The standard InChI is InChI=1S/C12H11F3N2O3/c13-12(14,15)9-5-7(1-2-8(9)11(19)20)17-4-3-16-10(18)6-17/h1-2,5H,3-4,6H2,(H,16,18)(H,19,20). The van der Waals surface area contributed by atoms with Gasteiger partial charge in [0.05, 0.1) is 17.7 Å². The zero-order valence-electron chi connectivity index (χ0n) is 10.2. The number of carbonyl (C=O) groups is 2. The summed E-state index contributed by atoms with van der Waals surface area (Å²) in [5.74, 6) is -1.92. The van der Waals surface area contributed by atoms with Crippen molar-refractivity contribution in [1.29, 1.82) is 0 Å². The van der Waals surface area contributed by atoms with Crippen LogP contribution in [-0.2, 0) is 11.0 Å². The van der Waals surface area contributed by atoms with Crippen molar-refractivity contribution < 1.29 is 27.9 Å². The van der Waals surface area contributed by atoms with Gasteiger partial charge in [0.15, 0.2) is 0 Å². The van der Waals surface area contributed by atoms with Crippen LogP contribution >= 0.6 is 0 Å². The van der Waals surface area contributed by atoms with E-state index in [1.54, 1.807) is 0 Å². The number of carboxylic acid groups (broad SMARTS) is 1. The maximum Gasteiger partial charge on any atom is 0.417 e. The van der Waals surface area contributed by atoms with Crippen molar-refractivity contribution in [3.63, 3.8) is 0 Å². The second-order valence-electron chi connectivity index (χ2n) is 4.30. The molecule has 20 heavy (non-hydrogen) atoms. The molecule has 1 saturated heterocycles. The lowest BCUT2D eigenvalue weighted by molar-refractivity contribution is -0.138. The topological polar surface area (TPSA) is 69.6 Å². The van der Waals surface area contributed by atoms with E-state index in [9.17, 15) is 22.8 Å². The molecule has 0 atom stereocenters. The number of hydrogen-bond donors (Lipinski definition) is 2. The molecule has 2 N–H and O–H groups in total. The van der Waals surface area contributed by atoms with Crippen LogP contribution in [0.1, 0.15) is 15.9 Å². The quantitative estimate of drug-likeness (QED) is 0.861. The fourth-order valence-corrected chi connectivity index (χ4v) is 2.01. The van der Waals surface area contributed by atoms with Gasteiger partial charge in [0, 0.05) is 18.8 Å². The first-order valence-electron chi connectivity index (χ1n) is 5.75. The second kappa shape index (κ2) is 5.03. The summed E-state index contributed by atoms with van der Waals surface area (Å²) in [5.41, 5.74) is -1.84. The number of alkyl halides is 3. The zero-order valence-corrected chi connectivity index (χ0v) is 10.2. The average molecular weight is 288 g/mol. The molecule has 5 nitrogen and oxygen atoms in total. The first kappa shape index (κ1) is 14.2. The minimum Gasteiger partial charge on any atom is -0.478 e. The van der Waals surface area contributed by atoms with Gasteiger partial charge in [-0.05, 0) is 18.2 Å². The number of carbonyl (C=O) groups excluding carboxylic acids is 1. The van der Waals surface area contributed by atoms with Crippen LogP contribution in [0.4, 0.5) is 18.9 Å². The molecule has 1 amide bonds. The predicted molar refractivity (Wildman–Crippen MR) is 63.6 cm³/mol. The van der Waals surface area contributed by atoms with E-state index in [0.29, 0.717) is 13.1 Å². The van der Waals surface area contributed by atoms with E-state index in [1.165, 1.54) is 11.0 Å². The van der Waals surface area contributed by atoms with E-state index in [0.717, 1.165) is 12.1 Å². The lowest BCUT2D eigenvalue weighted by Gasteiger charge is -2.29. The Morgan fingerprint density at radius 3 is 2.60 bits per heavy atom. The molecule has 0 spiro atoms. The van der Waals surface area contributed by atoms with E-state index >= 15 is 0 Å². The summed E-state index contributed by atoms with van der Waals surface area (Å²) in [7, 11) is 0. The number of nitrogens with zero attached hydrogens (tertiary/aromatic N) is 1. The molecule has 8 heteroatoms. The summed E-state index contributed by atoms with van der Waals surface area (Å²) < 4.78 is 38.6. The van der Waals surface area contributed by atoms with Crippen molar-refractivity contribution in [1.82, 2.24) is 5.32 Å². The van der Waals surface area contributed by atoms with E-state index in [1.807, 2.05) is 0 Å². The molecule has 1 heterocycles. The summed E-state index contributed by atoms with van der Waals surface area (Å²) in [5, 5.41) is 11.4. The largest absolute Gasteiger partial charge is 0.478 e. The Morgan fingerprint density at radius 2 is 2.05 bits per heavy atom. The van der Waals surface area contributed by atoms with E-state index in [4.69, 9.17) is 5.11 Å². The SMILES string of the molecule is O=C1CN(c2ccc(C(=O)O)c(C(F)(F)F)c2)CCN1. The Kier molecular flexibility index (Phi) is 3.56. The van der Waals surface area contributed by atoms with Crippen LogP contribution in [-0.4, -0.2) is 36.6 Å². The van der Waals surface area contributed by atoms with Crippen LogP contribution in [0.3, 0.4) is 0 Å². The predicted octanol–water partition coefficient (Wildman–Crippen LogP) is 1.34. The van der Waals surface area contributed by atoms with Gasteiger partial charge in [-0.15, -0.1) is 0 Å². The van der Waals surface area contributed by atoms with Crippen molar-refractivity contribution in [2.24, 2.45) is 0 Å². The lowest BCUT2D eigenvalue weighted by Crippen LogP contribution is -2.47. The molecular weight excluding hydrogens is 277 g/mol. The van der Waals surface area contributed by atoms with Crippen LogP contribution < -0.4 is 10.2 Å². The molecule has 0 aliphatic carbocycles. The van der Waals surface area contributed by atoms with Crippen molar-refractivity contribution in [2.45, 2.75) is 6.18 Å². The van der Waals surface area contributed by atoms with Crippen LogP contribution in [0.5, 0.6) is 0 Å². The molecular formula is C12H11F3N2O3. The number of halogens is 3. The van der Waals surface area contributed by atoms with E-state index < -0.39 is 23.3 Å². The van der Waals surface area contributed by atoms with Crippen LogP contribution in [0.15, 0.2) is 18.2 Å². The molecule has 1 aromatic carbocycles. The Morgan fingerprint density at radius 1 is 1.35 bits per heavy atom. The van der Waals surface area contributed by atoms with E-state index in [-0.39, 0.29) is 18.1 Å². The minimum absolute atomic E-state index is 0.0519. The van der Waals surface area contributed by atoms with Gasteiger partial charge in [0.2, 0.25) is 5.91 Å². The second-order valence-corrected chi connectivity index (χ2v) is 4.30. The highest BCUT2D eigenvalue weighted by molar-refractivity contribution is 5.90. The van der Waals surface area contributed by atoms with Crippen LogP contribution in [0.25, 0.3) is 0 Å². The van der Waals surface area contributed by atoms with Gasteiger partial charge in [0.25, 0.3) is 0 Å². The highest BCUT2D eigenvalue weighted by Crippen LogP contribution is 2.34. The summed E-state index contributed by atoms with van der Waals surface area (Å²) in [4.78, 5) is 23.5.